The van der Waals surface area contributed by atoms with Crippen LogP contribution in [0.1, 0.15) is 17.5 Å². The maximum absolute atomic E-state index is 12.6. The van der Waals surface area contributed by atoms with Gasteiger partial charge in [0.15, 0.2) is 9.84 Å². The first-order chi connectivity index (χ1) is 12.7. The smallest absolute Gasteiger partial charge is 0.240 e. The Morgan fingerprint density at radius 1 is 1.07 bits per heavy atom. The summed E-state index contributed by atoms with van der Waals surface area (Å²) in [6, 6.07) is 12.4. The molecule has 0 atom stereocenters. The average molecular weight is 409 g/mol. The van der Waals surface area contributed by atoms with E-state index in [1.54, 1.807) is 6.92 Å². The molecule has 1 N–H and O–H groups in total. The minimum absolute atomic E-state index is 0.00199. The maximum atomic E-state index is 12.6. The highest BCUT2D eigenvalue weighted by atomic mass is 32.2. The summed E-state index contributed by atoms with van der Waals surface area (Å²) in [5, 5.41) is 0. The molecule has 1 aliphatic rings. The molecule has 0 aliphatic carbocycles. The second-order valence-corrected chi connectivity index (χ2v) is 10.6. The zero-order chi connectivity index (χ0) is 19.7. The van der Waals surface area contributed by atoms with Crippen molar-refractivity contribution in [3.8, 4) is 0 Å². The van der Waals surface area contributed by atoms with Gasteiger partial charge in [-0.25, -0.2) is 21.6 Å². The molecule has 0 radical (unpaired) electrons. The van der Waals surface area contributed by atoms with Gasteiger partial charge in [0, 0.05) is 31.6 Å². The van der Waals surface area contributed by atoms with Crippen LogP contribution in [-0.4, -0.2) is 42.7 Å². The van der Waals surface area contributed by atoms with Crippen molar-refractivity contribution >= 4 is 25.5 Å². The summed E-state index contributed by atoms with van der Waals surface area (Å²) < 4.78 is 51.2. The summed E-state index contributed by atoms with van der Waals surface area (Å²) >= 11 is 0. The SMILES string of the molecule is Cc1ccc(S(C)(=O)=O)cc1S(=O)(=O)NCCCN1CCc2ccccc21. The number of fused-ring (bicyclic) bond motifs is 1. The molecular weight excluding hydrogens is 384 g/mol. The molecule has 0 spiro atoms. The first-order valence-corrected chi connectivity index (χ1v) is 12.2. The Morgan fingerprint density at radius 2 is 1.81 bits per heavy atom. The van der Waals surface area contributed by atoms with E-state index in [0.29, 0.717) is 18.5 Å². The summed E-state index contributed by atoms with van der Waals surface area (Å²) in [5.74, 6) is 0. The minimum atomic E-state index is -3.76. The minimum Gasteiger partial charge on any atom is -0.371 e. The van der Waals surface area contributed by atoms with Crippen LogP contribution in [-0.2, 0) is 26.3 Å². The number of anilines is 1. The number of rotatable bonds is 7. The molecule has 0 unspecified atom stereocenters. The van der Waals surface area contributed by atoms with Crippen molar-refractivity contribution in [3.05, 3.63) is 53.6 Å². The molecule has 0 aromatic heterocycles. The van der Waals surface area contributed by atoms with E-state index in [1.165, 1.54) is 29.4 Å². The van der Waals surface area contributed by atoms with Crippen molar-refractivity contribution < 1.29 is 16.8 Å². The van der Waals surface area contributed by atoms with E-state index in [9.17, 15) is 16.8 Å². The van der Waals surface area contributed by atoms with Crippen LogP contribution >= 0.6 is 0 Å². The van der Waals surface area contributed by atoms with E-state index >= 15 is 0 Å². The molecule has 8 heteroatoms. The van der Waals surface area contributed by atoms with Crippen LogP contribution in [0, 0.1) is 6.92 Å². The highest BCUT2D eigenvalue weighted by Crippen LogP contribution is 2.27. The van der Waals surface area contributed by atoms with E-state index in [4.69, 9.17) is 0 Å². The lowest BCUT2D eigenvalue weighted by Crippen LogP contribution is -2.29. The molecule has 27 heavy (non-hydrogen) atoms. The highest BCUT2D eigenvalue weighted by Gasteiger charge is 2.21. The fourth-order valence-corrected chi connectivity index (χ4v) is 5.36. The summed E-state index contributed by atoms with van der Waals surface area (Å²) in [7, 11) is -7.23. The third kappa shape index (κ3) is 4.51. The molecule has 3 rings (SSSR count). The molecule has 0 saturated heterocycles. The predicted molar refractivity (Wildman–Crippen MR) is 106 cm³/mol. The highest BCUT2D eigenvalue weighted by molar-refractivity contribution is 7.91. The zero-order valence-electron chi connectivity index (χ0n) is 15.5. The molecule has 2 aromatic rings. The first-order valence-electron chi connectivity index (χ1n) is 8.82. The van der Waals surface area contributed by atoms with Crippen molar-refractivity contribution in [1.82, 2.24) is 4.72 Å². The van der Waals surface area contributed by atoms with Crippen molar-refractivity contribution in [2.75, 3.05) is 30.8 Å². The second kappa shape index (κ2) is 7.61. The average Bonchev–Trinajstić information content (AvgIpc) is 3.01. The zero-order valence-corrected chi connectivity index (χ0v) is 17.1. The Kier molecular flexibility index (Phi) is 5.60. The number of para-hydroxylation sites is 1. The summed E-state index contributed by atoms with van der Waals surface area (Å²) in [5.41, 5.74) is 3.06. The standard InChI is InChI=1S/C19H24N2O4S2/c1-15-8-9-17(26(2,22)23)14-19(15)27(24,25)20-11-5-12-21-13-10-16-6-3-4-7-18(16)21/h3-4,6-9,14,20H,5,10-13H2,1-2H3. The van der Waals surface area contributed by atoms with Gasteiger partial charge in [0.1, 0.15) is 0 Å². The number of sulfonamides is 1. The van der Waals surface area contributed by atoms with Gasteiger partial charge >= 0.3 is 0 Å². The number of nitrogens with zero attached hydrogens (tertiary/aromatic N) is 1. The number of benzene rings is 2. The van der Waals surface area contributed by atoms with Gasteiger partial charge in [-0.3, -0.25) is 0 Å². The fourth-order valence-electron chi connectivity index (χ4n) is 3.29. The van der Waals surface area contributed by atoms with Crippen molar-refractivity contribution in [2.24, 2.45) is 0 Å². The molecule has 0 bridgehead atoms. The van der Waals surface area contributed by atoms with Gasteiger partial charge in [0.25, 0.3) is 0 Å². The second-order valence-electron chi connectivity index (χ2n) is 6.82. The van der Waals surface area contributed by atoms with Gasteiger partial charge in [0.2, 0.25) is 10.0 Å². The summed E-state index contributed by atoms with van der Waals surface area (Å²) in [6.07, 6.45) is 2.74. The van der Waals surface area contributed by atoms with Crippen molar-refractivity contribution in [2.45, 2.75) is 29.6 Å². The molecule has 2 aromatic carbocycles. The van der Waals surface area contributed by atoms with Crippen molar-refractivity contribution in [1.29, 1.82) is 0 Å². The van der Waals surface area contributed by atoms with Crippen LogP contribution in [0.5, 0.6) is 0 Å². The molecular formula is C19H24N2O4S2. The van der Waals surface area contributed by atoms with Gasteiger partial charge in [0.05, 0.1) is 9.79 Å². The molecule has 6 nitrogen and oxygen atoms in total. The largest absolute Gasteiger partial charge is 0.371 e. The number of nitrogens with one attached hydrogen (secondary N) is 1. The summed E-state index contributed by atoms with van der Waals surface area (Å²) in [6.45, 7) is 3.66. The predicted octanol–water partition coefficient (Wildman–Crippen LogP) is 2.13. The lowest BCUT2D eigenvalue weighted by molar-refractivity contribution is 0.577. The lowest BCUT2D eigenvalue weighted by Gasteiger charge is -2.19. The summed E-state index contributed by atoms with van der Waals surface area (Å²) in [4.78, 5) is 2.28. The Balaban J connectivity index is 1.63. The molecule has 146 valence electrons. The number of hydrogen-bond acceptors (Lipinski definition) is 5. The Hall–Kier alpha value is -1.90. The Bertz CT molecular complexity index is 1050. The topological polar surface area (TPSA) is 83.5 Å². The van der Waals surface area contributed by atoms with Gasteiger partial charge < -0.3 is 4.90 Å². The monoisotopic (exact) mass is 408 g/mol. The van der Waals surface area contributed by atoms with E-state index < -0.39 is 19.9 Å². The van der Waals surface area contributed by atoms with Gasteiger partial charge in [-0.15, -0.1) is 0 Å². The normalized spacial score (nSPS) is 14.4. The molecule has 0 amide bonds. The van der Waals surface area contributed by atoms with E-state index in [0.717, 1.165) is 25.8 Å². The molecule has 0 fully saturated rings. The molecule has 1 aliphatic heterocycles. The quantitative estimate of drug-likeness (QED) is 0.710. The van der Waals surface area contributed by atoms with Crippen LogP contribution in [0.15, 0.2) is 52.3 Å². The molecule has 1 heterocycles. The van der Waals surface area contributed by atoms with Crippen LogP contribution in [0.3, 0.4) is 0 Å². The number of sulfone groups is 1. The van der Waals surface area contributed by atoms with Crippen LogP contribution in [0.25, 0.3) is 0 Å². The first kappa shape index (κ1) is 19.9. The van der Waals surface area contributed by atoms with Gasteiger partial charge in [-0.05, 0) is 49.1 Å². The number of aryl methyl sites for hydroxylation is 1. The third-order valence-corrected chi connectivity index (χ3v) is 7.47. The van der Waals surface area contributed by atoms with E-state index in [-0.39, 0.29) is 9.79 Å². The van der Waals surface area contributed by atoms with Crippen LogP contribution in [0.4, 0.5) is 5.69 Å². The third-order valence-electron chi connectivity index (χ3n) is 4.76. The number of hydrogen-bond donors (Lipinski definition) is 1. The van der Waals surface area contributed by atoms with Crippen molar-refractivity contribution in [3.63, 3.8) is 0 Å². The molecule has 0 saturated carbocycles. The van der Waals surface area contributed by atoms with E-state index in [1.807, 2.05) is 12.1 Å². The fraction of sp³-hybridized carbons (Fsp3) is 0.368. The van der Waals surface area contributed by atoms with Gasteiger partial charge in [-0.1, -0.05) is 24.3 Å². The Labute approximate surface area is 161 Å². The van der Waals surface area contributed by atoms with Crippen LogP contribution < -0.4 is 9.62 Å². The lowest BCUT2D eigenvalue weighted by atomic mass is 10.2. The Morgan fingerprint density at radius 3 is 2.56 bits per heavy atom. The van der Waals surface area contributed by atoms with Gasteiger partial charge in [-0.2, -0.15) is 0 Å². The maximum Gasteiger partial charge on any atom is 0.240 e. The van der Waals surface area contributed by atoms with Crippen LogP contribution in [0.2, 0.25) is 0 Å². The van der Waals surface area contributed by atoms with E-state index in [2.05, 4.69) is 21.8 Å².